The minimum atomic E-state index is 0. The molecule has 2 heterocycles. The molecular weight excluding hydrogens is 270 g/mol. The van der Waals surface area contributed by atoms with Gasteiger partial charge in [-0.3, -0.25) is 4.79 Å². The number of nitrogens with one attached hydrogen (secondary N) is 2. The van der Waals surface area contributed by atoms with Crippen molar-refractivity contribution in [3.63, 3.8) is 0 Å². The lowest BCUT2D eigenvalue weighted by molar-refractivity contribution is -0.116. The first kappa shape index (κ1) is 15.4. The number of hydrogen-bond donors (Lipinski definition) is 2. The molecule has 4 nitrogen and oxygen atoms in total. The molecule has 1 fully saturated rings. The van der Waals surface area contributed by atoms with Crippen molar-refractivity contribution in [3.05, 3.63) is 10.6 Å². The second-order valence-electron chi connectivity index (χ2n) is 4.61. The molecule has 0 aliphatic carbocycles. The van der Waals surface area contributed by atoms with E-state index in [2.05, 4.69) is 15.6 Å². The molecule has 0 radical (unpaired) electrons. The largest absolute Gasteiger partial charge is 0.316 e. The van der Waals surface area contributed by atoms with Crippen molar-refractivity contribution >= 4 is 34.8 Å². The van der Waals surface area contributed by atoms with Gasteiger partial charge in [0.2, 0.25) is 5.91 Å². The molecule has 1 aromatic heterocycles. The van der Waals surface area contributed by atoms with Gasteiger partial charge in [-0.25, -0.2) is 4.98 Å². The van der Waals surface area contributed by atoms with Crippen LogP contribution in [0.2, 0.25) is 0 Å². The predicted molar refractivity (Wildman–Crippen MR) is 77.7 cm³/mol. The third-order valence-corrected chi connectivity index (χ3v) is 4.21. The maximum absolute atomic E-state index is 11.7. The SMILES string of the molecule is Cc1nc(NC(=O)CCC2CCNC2)sc1C.Cl. The normalized spacial score (nSPS) is 18.4. The van der Waals surface area contributed by atoms with Crippen molar-refractivity contribution in [1.29, 1.82) is 0 Å². The predicted octanol–water partition coefficient (Wildman–Crippen LogP) is 2.51. The fraction of sp³-hybridized carbons (Fsp3) is 0.667. The lowest BCUT2D eigenvalue weighted by Crippen LogP contribution is -2.14. The van der Waals surface area contributed by atoms with Crippen LogP contribution >= 0.6 is 23.7 Å². The molecule has 1 amide bonds. The van der Waals surface area contributed by atoms with E-state index < -0.39 is 0 Å². The highest BCUT2D eigenvalue weighted by Crippen LogP contribution is 2.21. The van der Waals surface area contributed by atoms with E-state index in [1.165, 1.54) is 11.3 Å². The first-order valence-corrected chi connectivity index (χ1v) is 6.91. The standard InChI is InChI=1S/C12H19N3OS.ClH/c1-8-9(2)17-12(14-8)15-11(16)4-3-10-5-6-13-7-10;/h10,13H,3-7H2,1-2H3,(H,14,15,16);1H. The van der Waals surface area contributed by atoms with E-state index >= 15 is 0 Å². The van der Waals surface area contributed by atoms with Gasteiger partial charge in [0.25, 0.3) is 0 Å². The molecule has 6 heteroatoms. The number of amides is 1. The molecule has 1 unspecified atom stereocenters. The van der Waals surface area contributed by atoms with E-state index in [1.54, 1.807) is 11.3 Å². The molecular formula is C12H20ClN3OS. The van der Waals surface area contributed by atoms with Crippen molar-refractivity contribution in [3.8, 4) is 0 Å². The van der Waals surface area contributed by atoms with Gasteiger partial charge in [0, 0.05) is 11.3 Å². The van der Waals surface area contributed by atoms with Crippen molar-refractivity contribution in [2.45, 2.75) is 33.1 Å². The van der Waals surface area contributed by atoms with E-state index in [0.29, 0.717) is 12.3 Å². The molecule has 102 valence electrons. The molecule has 2 rings (SSSR count). The average Bonchev–Trinajstić information content (AvgIpc) is 2.87. The first-order chi connectivity index (χ1) is 8.15. The van der Waals surface area contributed by atoms with Crippen LogP contribution in [-0.2, 0) is 4.79 Å². The lowest BCUT2D eigenvalue weighted by Gasteiger charge is -2.06. The maximum Gasteiger partial charge on any atom is 0.226 e. The van der Waals surface area contributed by atoms with Gasteiger partial charge in [-0.2, -0.15) is 0 Å². The fourth-order valence-corrected chi connectivity index (χ4v) is 2.83. The Morgan fingerprint density at radius 2 is 2.33 bits per heavy atom. The van der Waals surface area contributed by atoms with Gasteiger partial charge in [-0.05, 0) is 45.7 Å². The number of aromatic nitrogens is 1. The summed E-state index contributed by atoms with van der Waals surface area (Å²) in [6.07, 6.45) is 2.77. The van der Waals surface area contributed by atoms with Crippen molar-refractivity contribution in [2.24, 2.45) is 5.92 Å². The molecule has 1 aromatic rings. The van der Waals surface area contributed by atoms with E-state index in [9.17, 15) is 4.79 Å². The number of thiazole rings is 1. The van der Waals surface area contributed by atoms with Crippen LogP contribution in [0.15, 0.2) is 0 Å². The van der Waals surface area contributed by atoms with Crippen LogP contribution in [0.5, 0.6) is 0 Å². The van der Waals surface area contributed by atoms with Gasteiger partial charge >= 0.3 is 0 Å². The third-order valence-electron chi connectivity index (χ3n) is 3.22. The minimum Gasteiger partial charge on any atom is -0.316 e. The van der Waals surface area contributed by atoms with Gasteiger partial charge < -0.3 is 10.6 Å². The summed E-state index contributed by atoms with van der Waals surface area (Å²) >= 11 is 1.55. The Hall–Kier alpha value is -0.650. The summed E-state index contributed by atoms with van der Waals surface area (Å²) in [5.74, 6) is 0.756. The number of halogens is 1. The molecule has 0 bridgehead atoms. The van der Waals surface area contributed by atoms with E-state index in [1.807, 2.05) is 13.8 Å². The molecule has 0 aromatic carbocycles. The number of rotatable bonds is 4. The van der Waals surface area contributed by atoms with Gasteiger partial charge in [0.05, 0.1) is 5.69 Å². The maximum atomic E-state index is 11.7. The smallest absolute Gasteiger partial charge is 0.226 e. The third kappa shape index (κ3) is 4.23. The second-order valence-corrected chi connectivity index (χ2v) is 5.81. The zero-order valence-corrected chi connectivity index (χ0v) is 12.4. The van der Waals surface area contributed by atoms with Crippen LogP contribution in [0.1, 0.15) is 29.8 Å². The lowest BCUT2D eigenvalue weighted by atomic mass is 10.0. The summed E-state index contributed by atoms with van der Waals surface area (Å²) < 4.78 is 0. The Labute approximate surface area is 118 Å². The Balaban J connectivity index is 0.00000162. The van der Waals surface area contributed by atoms with E-state index in [-0.39, 0.29) is 18.3 Å². The monoisotopic (exact) mass is 289 g/mol. The first-order valence-electron chi connectivity index (χ1n) is 6.09. The van der Waals surface area contributed by atoms with Gasteiger partial charge in [-0.1, -0.05) is 0 Å². The molecule has 0 saturated carbocycles. The number of carbonyl (C=O) groups is 1. The Morgan fingerprint density at radius 3 is 2.89 bits per heavy atom. The minimum absolute atomic E-state index is 0. The van der Waals surface area contributed by atoms with Crippen molar-refractivity contribution in [2.75, 3.05) is 18.4 Å². The number of carbonyl (C=O) groups excluding carboxylic acids is 1. The van der Waals surface area contributed by atoms with Gasteiger partial charge in [-0.15, -0.1) is 23.7 Å². The summed E-state index contributed by atoms with van der Waals surface area (Å²) in [7, 11) is 0. The molecule has 18 heavy (non-hydrogen) atoms. The Bertz CT molecular complexity index is 383. The number of nitrogens with zero attached hydrogens (tertiary/aromatic N) is 1. The van der Waals surface area contributed by atoms with Crippen LogP contribution in [-0.4, -0.2) is 24.0 Å². The van der Waals surface area contributed by atoms with Gasteiger partial charge in [0.15, 0.2) is 5.13 Å². The summed E-state index contributed by atoms with van der Waals surface area (Å²) in [6.45, 7) is 6.14. The number of hydrogen-bond acceptors (Lipinski definition) is 4. The van der Waals surface area contributed by atoms with E-state index in [0.717, 1.165) is 30.3 Å². The van der Waals surface area contributed by atoms with Crippen LogP contribution in [0.25, 0.3) is 0 Å². The number of anilines is 1. The van der Waals surface area contributed by atoms with Crippen LogP contribution < -0.4 is 10.6 Å². The molecule has 1 aliphatic heterocycles. The van der Waals surface area contributed by atoms with Crippen LogP contribution in [0.3, 0.4) is 0 Å². The number of aryl methyl sites for hydroxylation is 2. The fourth-order valence-electron chi connectivity index (χ4n) is 2.00. The van der Waals surface area contributed by atoms with Crippen LogP contribution in [0, 0.1) is 19.8 Å². The highest BCUT2D eigenvalue weighted by molar-refractivity contribution is 7.15. The second kappa shape index (κ2) is 7.07. The summed E-state index contributed by atoms with van der Waals surface area (Å²) in [5, 5.41) is 6.92. The molecule has 2 N–H and O–H groups in total. The Kier molecular flexibility index (Phi) is 6.05. The molecule has 1 aliphatic rings. The molecule has 1 atom stereocenters. The average molecular weight is 290 g/mol. The molecule has 1 saturated heterocycles. The highest BCUT2D eigenvalue weighted by atomic mass is 35.5. The zero-order valence-electron chi connectivity index (χ0n) is 10.8. The summed E-state index contributed by atoms with van der Waals surface area (Å²) in [6, 6.07) is 0. The van der Waals surface area contributed by atoms with Gasteiger partial charge in [0.1, 0.15) is 0 Å². The quantitative estimate of drug-likeness (QED) is 0.895. The highest BCUT2D eigenvalue weighted by Gasteiger charge is 2.16. The topological polar surface area (TPSA) is 54.0 Å². The summed E-state index contributed by atoms with van der Waals surface area (Å²) in [5.41, 5.74) is 1.00. The zero-order chi connectivity index (χ0) is 12.3. The molecule has 0 spiro atoms. The van der Waals surface area contributed by atoms with E-state index in [4.69, 9.17) is 0 Å². The van der Waals surface area contributed by atoms with Crippen molar-refractivity contribution in [1.82, 2.24) is 10.3 Å². The van der Waals surface area contributed by atoms with Crippen molar-refractivity contribution < 1.29 is 4.79 Å². The van der Waals surface area contributed by atoms with Crippen LogP contribution in [0.4, 0.5) is 5.13 Å². The summed E-state index contributed by atoms with van der Waals surface area (Å²) in [4.78, 5) is 17.2. The Morgan fingerprint density at radius 1 is 1.56 bits per heavy atom.